The summed E-state index contributed by atoms with van der Waals surface area (Å²) < 4.78 is 18.0. The number of nitrogens with zero attached hydrogens (tertiary/aromatic N) is 1. The molecule has 2 rings (SSSR count). The van der Waals surface area contributed by atoms with Crippen molar-refractivity contribution in [2.45, 2.75) is 26.4 Å². The van der Waals surface area contributed by atoms with Crippen LogP contribution in [0, 0.1) is 5.82 Å². The number of hydrogen-bond donors (Lipinski definition) is 1. The van der Waals surface area contributed by atoms with Crippen LogP contribution >= 0.6 is 0 Å². The number of ether oxygens (including phenoxy) is 1. The van der Waals surface area contributed by atoms with Crippen molar-refractivity contribution in [2.75, 3.05) is 13.7 Å². The Bertz CT molecular complexity index is 730. The monoisotopic (exact) mass is 358 g/mol. The van der Waals surface area contributed by atoms with Gasteiger partial charge < -0.3 is 15.0 Å². The van der Waals surface area contributed by atoms with E-state index in [2.05, 4.69) is 5.32 Å². The Morgan fingerprint density at radius 2 is 1.65 bits per heavy atom. The van der Waals surface area contributed by atoms with Gasteiger partial charge in [-0.1, -0.05) is 24.3 Å². The van der Waals surface area contributed by atoms with Gasteiger partial charge >= 0.3 is 0 Å². The van der Waals surface area contributed by atoms with Crippen LogP contribution in [0.5, 0.6) is 5.75 Å². The highest BCUT2D eigenvalue weighted by atomic mass is 19.1. The smallest absolute Gasteiger partial charge is 0.222 e. The fraction of sp³-hybridized carbons (Fsp3) is 0.300. The molecule has 0 unspecified atom stereocenters. The average molecular weight is 358 g/mol. The van der Waals surface area contributed by atoms with Crippen LogP contribution in [-0.2, 0) is 22.7 Å². The zero-order chi connectivity index (χ0) is 18.9. The lowest BCUT2D eigenvalue weighted by molar-refractivity contribution is -0.130. The maximum Gasteiger partial charge on any atom is 0.222 e. The van der Waals surface area contributed by atoms with Crippen molar-refractivity contribution in [3.63, 3.8) is 0 Å². The molecule has 5 nitrogen and oxygen atoms in total. The van der Waals surface area contributed by atoms with Gasteiger partial charge in [0.2, 0.25) is 11.8 Å². The van der Waals surface area contributed by atoms with Gasteiger partial charge in [-0.25, -0.2) is 4.39 Å². The number of rotatable bonds is 8. The molecule has 0 atom stereocenters. The quantitative estimate of drug-likeness (QED) is 0.789. The third-order valence-electron chi connectivity index (χ3n) is 3.99. The van der Waals surface area contributed by atoms with Crippen molar-refractivity contribution >= 4 is 11.8 Å². The van der Waals surface area contributed by atoms with E-state index in [1.807, 2.05) is 24.3 Å². The molecule has 138 valence electrons. The lowest BCUT2D eigenvalue weighted by Crippen LogP contribution is -2.33. The summed E-state index contributed by atoms with van der Waals surface area (Å²) in [6.45, 7) is 2.58. The Kier molecular flexibility index (Phi) is 7.14. The first-order chi connectivity index (χ1) is 12.5. The van der Waals surface area contributed by atoms with E-state index in [1.54, 1.807) is 24.1 Å². The number of benzene rings is 2. The van der Waals surface area contributed by atoms with E-state index in [4.69, 9.17) is 4.74 Å². The molecule has 2 amide bonds. The second kappa shape index (κ2) is 9.56. The van der Waals surface area contributed by atoms with E-state index in [1.165, 1.54) is 19.1 Å². The highest BCUT2D eigenvalue weighted by Gasteiger charge is 2.12. The first-order valence-corrected chi connectivity index (χ1v) is 8.37. The van der Waals surface area contributed by atoms with E-state index in [0.717, 1.165) is 16.9 Å². The van der Waals surface area contributed by atoms with Gasteiger partial charge in [-0.2, -0.15) is 0 Å². The van der Waals surface area contributed by atoms with E-state index in [9.17, 15) is 14.0 Å². The van der Waals surface area contributed by atoms with Crippen molar-refractivity contribution in [1.29, 1.82) is 0 Å². The van der Waals surface area contributed by atoms with Crippen LogP contribution < -0.4 is 10.1 Å². The van der Waals surface area contributed by atoms with Crippen LogP contribution in [0.3, 0.4) is 0 Å². The zero-order valence-electron chi connectivity index (χ0n) is 15.0. The van der Waals surface area contributed by atoms with Gasteiger partial charge in [-0.05, 0) is 35.4 Å². The van der Waals surface area contributed by atoms with E-state index in [-0.39, 0.29) is 24.1 Å². The van der Waals surface area contributed by atoms with Gasteiger partial charge in [0.15, 0.2) is 0 Å². The lowest BCUT2D eigenvalue weighted by Gasteiger charge is -2.21. The Morgan fingerprint density at radius 3 is 2.23 bits per heavy atom. The number of halogens is 1. The van der Waals surface area contributed by atoms with E-state index in [0.29, 0.717) is 19.6 Å². The molecule has 0 aliphatic heterocycles. The Hall–Kier alpha value is -2.89. The van der Waals surface area contributed by atoms with Gasteiger partial charge in [-0.15, -0.1) is 0 Å². The molecule has 0 aromatic heterocycles. The molecule has 0 heterocycles. The number of hydrogen-bond acceptors (Lipinski definition) is 3. The van der Waals surface area contributed by atoms with Crippen molar-refractivity contribution in [1.82, 2.24) is 10.2 Å². The summed E-state index contributed by atoms with van der Waals surface area (Å²) in [5.74, 6) is 0.196. The Labute approximate surface area is 152 Å². The first kappa shape index (κ1) is 19.4. The van der Waals surface area contributed by atoms with Crippen molar-refractivity contribution in [3.05, 3.63) is 65.5 Å². The molecule has 0 saturated carbocycles. The Balaban J connectivity index is 1.82. The highest BCUT2D eigenvalue weighted by molar-refractivity contribution is 5.78. The van der Waals surface area contributed by atoms with Crippen LogP contribution in [-0.4, -0.2) is 30.4 Å². The molecule has 0 spiro atoms. The maximum atomic E-state index is 12.9. The minimum absolute atomic E-state index is 0.0906. The lowest BCUT2D eigenvalue weighted by atomic mass is 10.2. The molecule has 2 aromatic carbocycles. The molecular weight excluding hydrogens is 335 g/mol. The summed E-state index contributed by atoms with van der Waals surface area (Å²) in [5, 5.41) is 2.78. The van der Waals surface area contributed by atoms with E-state index < -0.39 is 0 Å². The number of carbonyl (C=O) groups is 2. The molecule has 6 heteroatoms. The fourth-order valence-electron chi connectivity index (χ4n) is 2.43. The second-order valence-corrected chi connectivity index (χ2v) is 5.94. The Morgan fingerprint density at radius 1 is 1.04 bits per heavy atom. The third kappa shape index (κ3) is 6.20. The van der Waals surface area contributed by atoms with Gasteiger partial charge in [0, 0.05) is 33.0 Å². The molecule has 0 saturated heterocycles. The van der Waals surface area contributed by atoms with Gasteiger partial charge in [0.05, 0.1) is 7.11 Å². The van der Waals surface area contributed by atoms with Crippen molar-refractivity contribution < 1.29 is 18.7 Å². The molecule has 2 aromatic rings. The van der Waals surface area contributed by atoms with Gasteiger partial charge in [-0.3, -0.25) is 9.59 Å². The molecule has 0 radical (unpaired) electrons. The predicted octanol–water partition coefficient (Wildman–Crippen LogP) is 2.89. The number of carbonyl (C=O) groups excluding carboxylic acids is 2. The minimum Gasteiger partial charge on any atom is -0.497 e. The summed E-state index contributed by atoms with van der Waals surface area (Å²) in [6, 6.07) is 13.4. The summed E-state index contributed by atoms with van der Waals surface area (Å²) >= 11 is 0. The molecule has 0 fully saturated rings. The number of amides is 2. The summed E-state index contributed by atoms with van der Waals surface area (Å²) in [4.78, 5) is 25.5. The summed E-state index contributed by atoms with van der Waals surface area (Å²) in [6.07, 6.45) is 0.205. The maximum absolute atomic E-state index is 12.9. The summed E-state index contributed by atoms with van der Waals surface area (Å²) in [5.41, 5.74) is 1.79. The third-order valence-corrected chi connectivity index (χ3v) is 3.99. The molecule has 1 N–H and O–H groups in total. The average Bonchev–Trinajstić information content (AvgIpc) is 2.65. The molecule has 0 aliphatic carbocycles. The normalized spacial score (nSPS) is 10.3. The number of nitrogens with one attached hydrogen (secondary N) is 1. The van der Waals surface area contributed by atoms with E-state index >= 15 is 0 Å². The van der Waals surface area contributed by atoms with Crippen molar-refractivity contribution in [2.24, 2.45) is 0 Å². The summed E-state index contributed by atoms with van der Waals surface area (Å²) in [7, 11) is 1.60. The molecule has 26 heavy (non-hydrogen) atoms. The number of methoxy groups -OCH3 is 1. The van der Waals surface area contributed by atoms with Crippen LogP contribution in [0.15, 0.2) is 48.5 Å². The second-order valence-electron chi connectivity index (χ2n) is 5.94. The standard InChI is InChI=1S/C20H23FN2O3/c1-15(24)23(14-17-5-9-19(26-2)10-6-17)12-11-20(25)22-13-16-3-7-18(21)8-4-16/h3-10H,11-14H2,1-2H3,(H,22,25). The van der Waals surface area contributed by atoms with Crippen LogP contribution in [0.4, 0.5) is 4.39 Å². The molecular formula is C20H23FN2O3. The zero-order valence-corrected chi connectivity index (χ0v) is 15.0. The van der Waals surface area contributed by atoms with Crippen LogP contribution in [0.25, 0.3) is 0 Å². The SMILES string of the molecule is COc1ccc(CN(CCC(=O)NCc2ccc(F)cc2)C(C)=O)cc1. The van der Waals surface area contributed by atoms with Gasteiger partial charge in [0.25, 0.3) is 0 Å². The topological polar surface area (TPSA) is 58.6 Å². The fourth-order valence-corrected chi connectivity index (χ4v) is 2.43. The van der Waals surface area contributed by atoms with Gasteiger partial charge in [0.1, 0.15) is 11.6 Å². The molecule has 0 bridgehead atoms. The highest BCUT2D eigenvalue weighted by Crippen LogP contribution is 2.13. The predicted molar refractivity (Wildman–Crippen MR) is 96.9 cm³/mol. The molecule has 0 aliphatic rings. The van der Waals surface area contributed by atoms with Crippen LogP contribution in [0.1, 0.15) is 24.5 Å². The van der Waals surface area contributed by atoms with Crippen molar-refractivity contribution in [3.8, 4) is 5.75 Å². The first-order valence-electron chi connectivity index (χ1n) is 8.37. The minimum atomic E-state index is -0.310. The largest absolute Gasteiger partial charge is 0.497 e. The van der Waals surface area contributed by atoms with Crippen LogP contribution in [0.2, 0.25) is 0 Å².